The summed E-state index contributed by atoms with van der Waals surface area (Å²) in [6.45, 7) is 2.85. The molecule has 0 aliphatic heterocycles. The number of nitrogens with two attached hydrogens (primary N) is 1. The third-order valence-corrected chi connectivity index (χ3v) is 4.03. The number of nitrogens with zero attached hydrogens (tertiary/aromatic N) is 1. The number of pyridine rings is 1. The number of hydrogen-bond donors (Lipinski definition) is 1. The largest absolute Gasteiger partial charge is 0.396 e. The summed E-state index contributed by atoms with van der Waals surface area (Å²) < 4.78 is 29.0. The highest BCUT2D eigenvalue weighted by molar-refractivity contribution is 7.91. The number of ether oxygens (including phenoxy) is 1. The predicted molar refractivity (Wildman–Crippen MR) is 66.4 cm³/mol. The van der Waals surface area contributed by atoms with Gasteiger partial charge in [0.1, 0.15) is 0 Å². The molecule has 0 aromatic carbocycles. The summed E-state index contributed by atoms with van der Waals surface area (Å²) in [7, 11) is -3.37. The fourth-order valence-corrected chi connectivity index (χ4v) is 2.54. The average molecular weight is 258 g/mol. The molecule has 5 nitrogen and oxygen atoms in total. The summed E-state index contributed by atoms with van der Waals surface area (Å²) in [6, 6.07) is 1.41. The Kier molecular flexibility index (Phi) is 5.37. The van der Waals surface area contributed by atoms with E-state index in [1.54, 1.807) is 0 Å². The second kappa shape index (κ2) is 6.56. The van der Waals surface area contributed by atoms with Gasteiger partial charge in [0.05, 0.1) is 29.1 Å². The monoisotopic (exact) mass is 258 g/mol. The number of unbranched alkanes of at least 4 members (excludes halogenated alkanes) is 1. The van der Waals surface area contributed by atoms with Crippen LogP contribution in [0.15, 0.2) is 23.4 Å². The molecule has 96 valence electrons. The molecule has 1 rings (SSSR count). The summed E-state index contributed by atoms with van der Waals surface area (Å²) >= 11 is 0. The van der Waals surface area contributed by atoms with Crippen LogP contribution in [-0.4, -0.2) is 32.4 Å². The number of sulfone groups is 1. The second-order valence-corrected chi connectivity index (χ2v) is 5.78. The van der Waals surface area contributed by atoms with E-state index in [0.29, 0.717) is 6.61 Å². The zero-order valence-electron chi connectivity index (χ0n) is 9.93. The van der Waals surface area contributed by atoms with Crippen LogP contribution >= 0.6 is 0 Å². The molecule has 0 saturated heterocycles. The molecule has 0 amide bonds. The van der Waals surface area contributed by atoms with Gasteiger partial charge in [0.2, 0.25) is 0 Å². The lowest BCUT2D eigenvalue weighted by atomic mass is 10.4. The van der Waals surface area contributed by atoms with Crippen molar-refractivity contribution in [3.63, 3.8) is 0 Å². The van der Waals surface area contributed by atoms with E-state index in [1.165, 1.54) is 18.5 Å². The lowest BCUT2D eigenvalue weighted by Crippen LogP contribution is -2.14. The van der Waals surface area contributed by atoms with Crippen molar-refractivity contribution in [3.8, 4) is 0 Å². The summed E-state index contributed by atoms with van der Waals surface area (Å²) in [5.41, 5.74) is 5.76. The van der Waals surface area contributed by atoms with Gasteiger partial charge in [-0.25, -0.2) is 8.42 Å². The number of aromatic nitrogens is 1. The van der Waals surface area contributed by atoms with Gasteiger partial charge in [-0.1, -0.05) is 13.3 Å². The van der Waals surface area contributed by atoms with Crippen LogP contribution in [-0.2, 0) is 14.6 Å². The quantitative estimate of drug-likeness (QED) is 0.744. The highest BCUT2D eigenvalue weighted by Crippen LogP contribution is 2.17. The van der Waals surface area contributed by atoms with Gasteiger partial charge in [0.25, 0.3) is 0 Å². The number of nitrogen functional groups attached to an aromatic ring is 1. The SMILES string of the molecule is CCCCOCCS(=O)(=O)c1ccncc1N. The molecule has 0 aliphatic rings. The Bertz CT molecular complexity index is 446. The van der Waals surface area contributed by atoms with E-state index < -0.39 is 9.84 Å². The molecule has 6 heteroatoms. The van der Waals surface area contributed by atoms with E-state index >= 15 is 0 Å². The van der Waals surface area contributed by atoms with Gasteiger partial charge in [0.15, 0.2) is 9.84 Å². The van der Waals surface area contributed by atoms with E-state index in [2.05, 4.69) is 11.9 Å². The molecule has 0 spiro atoms. The van der Waals surface area contributed by atoms with Gasteiger partial charge in [-0.3, -0.25) is 4.98 Å². The Morgan fingerprint density at radius 3 is 2.82 bits per heavy atom. The first kappa shape index (κ1) is 13.9. The average Bonchev–Trinajstić information content (AvgIpc) is 2.29. The van der Waals surface area contributed by atoms with E-state index in [0.717, 1.165) is 12.8 Å². The fraction of sp³-hybridized carbons (Fsp3) is 0.545. The van der Waals surface area contributed by atoms with Crippen molar-refractivity contribution in [2.75, 3.05) is 24.7 Å². The van der Waals surface area contributed by atoms with Crippen molar-refractivity contribution < 1.29 is 13.2 Å². The van der Waals surface area contributed by atoms with Gasteiger partial charge in [-0.2, -0.15) is 0 Å². The summed E-state index contributed by atoms with van der Waals surface area (Å²) in [5.74, 6) is -0.0507. The van der Waals surface area contributed by atoms with E-state index in [-0.39, 0.29) is 22.9 Å². The van der Waals surface area contributed by atoms with Crippen LogP contribution in [0, 0.1) is 0 Å². The molecule has 0 unspecified atom stereocenters. The Morgan fingerprint density at radius 1 is 1.41 bits per heavy atom. The van der Waals surface area contributed by atoms with Crippen LogP contribution in [0.25, 0.3) is 0 Å². The molecular formula is C11H18N2O3S. The van der Waals surface area contributed by atoms with Gasteiger partial charge in [-0.15, -0.1) is 0 Å². The molecule has 0 saturated carbocycles. The third-order valence-electron chi connectivity index (χ3n) is 2.28. The number of rotatable bonds is 7. The van der Waals surface area contributed by atoms with E-state index in [1.807, 2.05) is 0 Å². The van der Waals surface area contributed by atoms with Crippen molar-refractivity contribution in [1.29, 1.82) is 0 Å². The first-order valence-corrected chi connectivity index (χ1v) is 7.23. The molecule has 1 aromatic heterocycles. The van der Waals surface area contributed by atoms with Gasteiger partial charge in [0, 0.05) is 12.8 Å². The van der Waals surface area contributed by atoms with Crippen LogP contribution in [0.2, 0.25) is 0 Å². The smallest absolute Gasteiger partial charge is 0.182 e. The molecule has 0 aliphatic carbocycles. The molecule has 1 heterocycles. The lowest BCUT2D eigenvalue weighted by Gasteiger charge is -2.07. The lowest BCUT2D eigenvalue weighted by molar-refractivity contribution is 0.146. The fourth-order valence-electron chi connectivity index (χ4n) is 1.30. The molecule has 0 fully saturated rings. The molecule has 17 heavy (non-hydrogen) atoms. The van der Waals surface area contributed by atoms with Crippen molar-refractivity contribution in [2.45, 2.75) is 24.7 Å². The maximum Gasteiger partial charge on any atom is 0.182 e. The van der Waals surface area contributed by atoms with Gasteiger partial charge < -0.3 is 10.5 Å². The Morgan fingerprint density at radius 2 is 2.18 bits per heavy atom. The highest BCUT2D eigenvalue weighted by Gasteiger charge is 2.17. The van der Waals surface area contributed by atoms with E-state index in [9.17, 15) is 8.42 Å². The number of anilines is 1. The van der Waals surface area contributed by atoms with Crippen molar-refractivity contribution in [3.05, 3.63) is 18.5 Å². The first-order valence-electron chi connectivity index (χ1n) is 5.58. The predicted octanol–water partition coefficient (Wildman–Crippen LogP) is 1.25. The minimum absolute atomic E-state index is 0.0507. The van der Waals surface area contributed by atoms with Crippen molar-refractivity contribution in [2.24, 2.45) is 0 Å². The highest BCUT2D eigenvalue weighted by atomic mass is 32.2. The summed E-state index contributed by atoms with van der Waals surface area (Å²) in [5, 5.41) is 0. The molecule has 1 aromatic rings. The second-order valence-electron chi connectivity index (χ2n) is 3.70. The zero-order valence-corrected chi connectivity index (χ0v) is 10.7. The van der Waals surface area contributed by atoms with Crippen LogP contribution in [0.1, 0.15) is 19.8 Å². The summed E-state index contributed by atoms with van der Waals surface area (Å²) in [6.07, 6.45) is 4.73. The van der Waals surface area contributed by atoms with Gasteiger partial charge >= 0.3 is 0 Å². The third kappa shape index (κ3) is 4.32. The number of hydrogen-bond acceptors (Lipinski definition) is 5. The molecular weight excluding hydrogens is 240 g/mol. The van der Waals surface area contributed by atoms with Crippen LogP contribution < -0.4 is 5.73 Å². The van der Waals surface area contributed by atoms with E-state index in [4.69, 9.17) is 10.5 Å². The van der Waals surface area contributed by atoms with Crippen LogP contribution in [0.4, 0.5) is 5.69 Å². The Labute approximate surface area is 102 Å². The Hall–Kier alpha value is -1.14. The molecule has 0 radical (unpaired) electrons. The zero-order chi connectivity index (χ0) is 12.7. The maximum absolute atomic E-state index is 11.9. The van der Waals surface area contributed by atoms with Crippen LogP contribution in [0.5, 0.6) is 0 Å². The normalized spacial score (nSPS) is 11.6. The molecule has 0 bridgehead atoms. The van der Waals surface area contributed by atoms with Crippen LogP contribution in [0.3, 0.4) is 0 Å². The molecule has 2 N–H and O–H groups in total. The van der Waals surface area contributed by atoms with Crippen molar-refractivity contribution in [1.82, 2.24) is 4.98 Å². The minimum atomic E-state index is -3.37. The first-order chi connectivity index (χ1) is 8.08. The standard InChI is InChI=1S/C11H18N2O3S/c1-2-3-6-16-7-8-17(14,15)11-4-5-13-9-10(11)12/h4-5,9H,2-3,6-8,12H2,1H3. The molecule has 0 atom stereocenters. The van der Waals surface area contributed by atoms with Gasteiger partial charge in [-0.05, 0) is 12.5 Å². The summed E-state index contributed by atoms with van der Waals surface area (Å²) in [4.78, 5) is 3.89. The minimum Gasteiger partial charge on any atom is -0.396 e. The van der Waals surface area contributed by atoms with Crippen molar-refractivity contribution >= 4 is 15.5 Å². The maximum atomic E-state index is 11.9. The topological polar surface area (TPSA) is 82.3 Å². The Balaban J connectivity index is 2.55.